The zero-order valence-corrected chi connectivity index (χ0v) is 9.06. The van der Waals surface area contributed by atoms with Crippen molar-refractivity contribution < 1.29 is 0 Å². The molecule has 0 bridgehead atoms. The van der Waals surface area contributed by atoms with Crippen LogP contribution in [0.5, 0.6) is 0 Å². The third kappa shape index (κ3) is 0.891. The molecule has 0 fully saturated rings. The van der Waals surface area contributed by atoms with Crippen LogP contribution in [0, 0.1) is 6.92 Å². The Morgan fingerprint density at radius 1 is 1.14 bits per heavy atom. The van der Waals surface area contributed by atoms with Gasteiger partial charge in [-0.25, -0.2) is 0 Å². The van der Waals surface area contributed by atoms with Crippen molar-refractivity contribution in [3.8, 4) is 0 Å². The SMILES string of the molecule is Cc1c2c(cn1C)sc1ccccc12. The van der Waals surface area contributed by atoms with E-state index in [0.29, 0.717) is 0 Å². The van der Waals surface area contributed by atoms with Crippen molar-refractivity contribution in [1.29, 1.82) is 0 Å². The van der Waals surface area contributed by atoms with Gasteiger partial charge in [0.1, 0.15) is 0 Å². The first kappa shape index (κ1) is 8.06. The van der Waals surface area contributed by atoms with Crippen LogP contribution < -0.4 is 0 Å². The molecule has 0 spiro atoms. The van der Waals surface area contributed by atoms with Gasteiger partial charge in [-0.3, -0.25) is 0 Å². The van der Waals surface area contributed by atoms with Gasteiger partial charge in [0.15, 0.2) is 0 Å². The van der Waals surface area contributed by atoms with Crippen LogP contribution in [0.3, 0.4) is 0 Å². The number of nitrogens with zero attached hydrogens (tertiary/aromatic N) is 1. The number of hydrogen-bond acceptors (Lipinski definition) is 1. The molecule has 1 nitrogen and oxygen atoms in total. The molecule has 0 atom stereocenters. The van der Waals surface area contributed by atoms with Gasteiger partial charge in [0.2, 0.25) is 0 Å². The fraction of sp³-hybridized carbons (Fsp3) is 0.167. The van der Waals surface area contributed by atoms with E-state index in [4.69, 9.17) is 0 Å². The molecule has 1 aromatic carbocycles. The molecular weight excluding hydrogens is 190 g/mol. The molecule has 2 aromatic heterocycles. The summed E-state index contributed by atoms with van der Waals surface area (Å²) in [7, 11) is 2.11. The molecule has 0 aliphatic heterocycles. The van der Waals surface area contributed by atoms with E-state index in [0.717, 1.165) is 0 Å². The molecular formula is C12H11NS. The van der Waals surface area contributed by atoms with E-state index >= 15 is 0 Å². The van der Waals surface area contributed by atoms with E-state index in [2.05, 4.69) is 49.0 Å². The van der Waals surface area contributed by atoms with Crippen molar-refractivity contribution in [1.82, 2.24) is 4.57 Å². The first-order chi connectivity index (χ1) is 6.77. The Morgan fingerprint density at radius 2 is 1.93 bits per heavy atom. The zero-order chi connectivity index (χ0) is 9.71. The highest BCUT2D eigenvalue weighted by atomic mass is 32.1. The van der Waals surface area contributed by atoms with Gasteiger partial charge in [0.25, 0.3) is 0 Å². The van der Waals surface area contributed by atoms with Gasteiger partial charge in [-0.1, -0.05) is 18.2 Å². The summed E-state index contributed by atoms with van der Waals surface area (Å²) in [6, 6.07) is 8.62. The van der Waals surface area contributed by atoms with Gasteiger partial charge in [0.05, 0.1) is 4.70 Å². The molecule has 2 heterocycles. The molecule has 70 valence electrons. The minimum atomic E-state index is 1.36. The summed E-state index contributed by atoms with van der Waals surface area (Å²) in [5.74, 6) is 0. The highest BCUT2D eigenvalue weighted by Crippen LogP contribution is 2.36. The van der Waals surface area contributed by atoms with Gasteiger partial charge in [-0.2, -0.15) is 0 Å². The van der Waals surface area contributed by atoms with Gasteiger partial charge in [-0.05, 0) is 13.0 Å². The Labute approximate surface area is 86.6 Å². The van der Waals surface area contributed by atoms with E-state index in [1.807, 2.05) is 11.3 Å². The minimum Gasteiger partial charge on any atom is -0.353 e. The van der Waals surface area contributed by atoms with Crippen LogP contribution in [0.4, 0.5) is 0 Å². The second-order valence-corrected chi connectivity index (χ2v) is 4.75. The monoisotopic (exact) mass is 201 g/mol. The Balaban J connectivity index is 2.62. The Kier molecular flexibility index (Phi) is 1.50. The number of aromatic nitrogens is 1. The lowest BCUT2D eigenvalue weighted by molar-refractivity contribution is 0.890. The maximum absolute atomic E-state index is 2.22. The number of fused-ring (bicyclic) bond motifs is 3. The smallest absolute Gasteiger partial charge is 0.0534 e. The average Bonchev–Trinajstić information content (AvgIpc) is 2.65. The Morgan fingerprint density at radius 3 is 2.79 bits per heavy atom. The normalized spacial score (nSPS) is 11.6. The van der Waals surface area contributed by atoms with Crippen LogP contribution in [0.15, 0.2) is 30.5 Å². The first-order valence-electron chi connectivity index (χ1n) is 4.70. The van der Waals surface area contributed by atoms with Crippen molar-refractivity contribution >= 4 is 31.5 Å². The maximum atomic E-state index is 2.22. The van der Waals surface area contributed by atoms with Crippen molar-refractivity contribution in [3.05, 3.63) is 36.2 Å². The van der Waals surface area contributed by atoms with E-state index in [9.17, 15) is 0 Å². The molecule has 2 heteroatoms. The quantitative estimate of drug-likeness (QED) is 0.522. The lowest BCUT2D eigenvalue weighted by Crippen LogP contribution is -1.86. The fourth-order valence-corrected chi connectivity index (χ4v) is 3.21. The fourth-order valence-electron chi connectivity index (χ4n) is 1.98. The summed E-state index contributed by atoms with van der Waals surface area (Å²) in [6.45, 7) is 2.18. The number of aryl methyl sites for hydroxylation is 2. The molecule has 0 aliphatic carbocycles. The molecule has 3 aromatic rings. The Bertz CT molecular complexity index is 616. The number of hydrogen-bond donors (Lipinski definition) is 0. The van der Waals surface area contributed by atoms with Gasteiger partial charge in [0, 0.05) is 34.4 Å². The molecule has 0 unspecified atom stereocenters. The second-order valence-electron chi connectivity index (χ2n) is 3.66. The van der Waals surface area contributed by atoms with Crippen LogP contribution in [-0.4, -0.2) is 4.57 Å². The second kappa shape index (κ2) is 2.61. The molecule has 0 amide bonds. The van der Waals surface area contributed by atoms with E-state index in [1.54, 1.807) is 0 Å². The number of rotatable bonds is 0. The van der Waals surface area contributed by atoms with Crippen LogP contribution in [0.1, 0.15) is 5.69 Å². The van der Waals surface area contributed by atoms with Crippen molar-refractivity contribution in [2.75, 3.05) is 0 Å². The predicted molar refractivity (Wildman–Crippen MR) is 63.0 cm³/mol. The number of thiophene rings is 1. The predicted octanol–water partition coefficient (Wildman–Crippen LogP) is 3.70. The van der Waals surface area contributed by atoms with Crippen molar-refractivity contribution in [2.45, 2.75) is 6.92 Å². The highest BCUT2D eigenvalue weighted by Gasteiger charge is 2.09. The molecule has 3 rings (SSSR count). The summed E-state index contributed by atoms with van der Waals surface area (Å²) in [5, 5.41) is 2.82. The summed E-state index contributed by atoms with van der Waals surface area (Å²) in [4.78, 5) is 0. The largest absolute Gasteiger partial charge is 0.353 e. The van der Waals surface area contributed by atoms with Crippen molar-refractivity contribution in [2.24, 2.45) is 7.05 Å². The molecule has 0 radical (unpaired) electrons. The third-order valence-electron chi connectivity index (χ3n) is 2.82. The summed E-state index contributed by atoms with van der Waals surface area (Å²) in [5.41, 5.74) is 1.36. The lowest BCUT2D eigenvalue weighted by atomic mass is 10.2. The summed E-state index contributed by atoms with van der Waals surface area (Å²) < 4.78 is 4.99. The van der Waals surface area contributed by atoms with Crippen LogP contribution >= 0.6 is 11.3 Å². The van der Waals surface area contributed by atoms with E-state index in [1.165, 1.54) is 25.9 Å². The number of benzene rings is 1. The molecule has 14 heavy (non-hydrogen) atoms. The summed E-state index contributed by atoms with van der Waals surface area (Å²) >= 11 is 1.88. The summed E-state index contributed by atoms with van der Waals surface area (Å²) in [6.07, 6.45) is 2.22. The van der Waals surface area contributed by atoms with Gasteiger partial charge >= 0.3 is 0 Å². The van der Waals surface area contributed by atoms with Gasteiger partial charge in [-0.15, -0.1) is 11.3 Å². The minimum absolute atomic E-state index is 1.36. The maximum Gasteiger partial charge on any atom is 0.0534 e. The zero-order valence-electron chi connectivity index (χ0n) is 8.24. The molecule has 0 N–H and O–H groups in total. The standard InChI is InChI=1S/C12H11NS/c1-8-12-9-5-3-4-6-10(9)14-11(12)7-13(8)2/h3-7H,1-2H3. The molecule has 0 saturated carbocycles. The van der Waals surface area contributed by atoms with E-state index < -0.39 is 0 Å². The van der Waals surface area contributed by atoms with E-state index in [-0.39, 0.29) is 0 Å². The van der Waals surface area contributed by atoms with Crippen LogP contribution in [0.2, 0.25) is 0 Å². The van der Waals surface area contributed by atoms with Gasteiger partial charge < -0.3 is 4.57 Å². The van der Waals surface area contributed by atoms with Crippen molar-refractivity contribution in [3.63, 3.8) is 0 Å². The Hall–Kier alpha value is -1.28. The average molecular weight is 201 g/mol. The molecule has 0 aliphatic rings. The molecule has 0 saturated heterocycles. The lowest BCUT2D eigenvalue weighted by Gasteiger charge is -1.95. The van der Waals surface area contributed by atoms with Crippen LogP contribution in [0.25, 0.3) is 20.2 Å². The van der Waals surface area contributed by atoms with Crippen LogP contribution in [-0.2, 0) is 7.05 Å². The first-order valence-corrected chi connectivity index (χ1v) is 5.52. The highest BCUT2D eigenvalue weighted by molar-refractivity contribution is 7.25. The third-order valence-corrected chi connectivity index (χ3v) is 3.93. The topological polar surface area (TPSA) is 4.93 Å².